The third kappa shape index (κ3) is 5.53. The third-order valence-electron chi connectivity index (χ3n) is 15.6. The van der Waals surface area contributed by atoms with Gasteiger partial charge in [-0.25, -0.2) is 0 Å². The molecule has 0 bridgehead atoms. The van der Waals surface area contributed by atoms with Crippen LogP contribution in [0.3, 0.4) is 0 Å². The van der Waals surface area contributed by atoms with E-state index in [1.807, 2.05) is 0 Å². The van der Waals surface area contributed by atoms with E-state index in [1.54, 1.807) is 0 Å². The van der Waals surface area contributed by atoms with Gasteiger partial charge in [-0.1, -0.05) is 218 Å². The van der Waals surface area contributed by atoms with Gasteiger partial charge in [0, 0.05) is 28.2 Å². The minimum atomic E-state index is -0.669. The van der Waals surface area contributed by atoms with Gasteiger partial charge in [-0.05, 0) is 137 Å². The SMILES string of the molecule is c1ccc(N(c2ccc3c(c2)-c2ccccc2-c2ccccc2C32c3ccccc3-c3c2c2ccccc2c2ccccc32)c2cccc3c2N(c2ccccc2)c2ccccc2-c2ccccc2-3)cc1. The van der Waals surface area contributed by atoms with Gasteiger partial charge in [-0.3, -0.25) is 0 Å². The number of fused-ring (bicyclic) bond motifs is 22. The number of benzene rings is 12. The van der Waals surface area contributed by atoms with Crippen molar-refractivity contribution in [2.24, 2.45) is 0 Å². The summed E-state index contributed by atoms with van der Waals surface area (Å²) in [4.78, 5) is 4.99. The fraction of sp³-hybridized carbons (Fsp3) is 0.0145. The molecule has 0 amide bonds. The molecule has 71 heavy (non-hydrogen) atoms. The lowest BCUT2D eigenvalue weighted by atomic mass is 9.64. The first kappa shape index (κ1) is 39.7. The maximum atomic E-state index is 2.50. The van der Waals surface area contributed by atoms with E-state index in [2.05, 4.69) is 277 Å². The fourth-order valence-electron chi connectivity index (χ4n) is 12.9. The lowest BCUT2D eigenvalue weighted by Gasteiger charge is -2.37. The molecule has 12 aromatic rings. The molecule has 2 heteroatoms. The van der Waals surface area contributed by atoms with Crippen LogP contribution in [0.4, 0.5) is 34.1 Å². The van der Waals surface area contributed by atoms with Crippen molar-refractivity contribution in [3.63, 3.8) is 0 Å². The Morgan fingerprint density at radius 3 is 1.49 bits per heavy atom. The van der Waals surface area contributed by atoms with E-state index in [0.717, 1.165) is 34.1 Å². The first-order valence-electron chi connectivity index (χ1n) is 24.7. The van der Waals surface area contributed by atoms with E-state index < -0.39 is 5.41 Å². The monoisotopic (exact) mass is 900 g/mol. The summed E-state index contributed by atoms with van der Waals surface area (Å²) in [7, 11) is 0. The van der Waals surface area contributed by atoms with Gasteiger partial charge in [0.25, 0.3) is 0 Å². The number of rotatable bonds is 4. The van der Waals surface area contributed by atoms with Crippen molar-refractivity contribution in [2.45, 2.75) is 5.41 Å². The van der Waals surface area contributed by atoms with E-state index in [1.165, 1.54) is 99.4 Å². The summed E-state index contributed by atoms with van der Waals surface area (Å²) in [5.74, 6) is 0. The average molecular weight is 901 g/mol. The van der Waals surface area contributed by atoms with Crippen molar-refractivity contribution in [2.75, 3.05) is 9.80 Å². The van der Waals surface area contributed by atoms with E-state index >= 15 is 0 Å². The number of hydrogen-bond donors (Lipinski definition) is 0. The zero-order valence-corrected chi connectivity index (χ0v) is 38.8. The van der Waals surface area contributed by atoms with E-state index in [4.69, 9.17) is 0 Å². The summed E-state index contributed by atoms with van der Waals surface area (Å²) in [5.41, 5.74) is 23.5. The standard InChI is InChI=1S/C69H44N2/c1-3-22-45(23-4-1)70(65-41-21-37-58-52-30-9-8-27-49(52)55-33-17-20-40-64(55)71(68(58)65)46-24-5-2-6-25-46)47-42-43-63-60(44-47)53-31-10-7-26-48(53)54-32-15-18-38-61(54)69(63)62-39-19-16-36-59(62)66-56-34-13-11-28-50(56)51-29-12-14-35-57(51)67(66)69/h1-44H. The summed E-state index contributed by atoms with van der Waals surface area (Å²) in [5, 5.41) is 5.13. The molecule has 2 nitrogen and oxygen atoms in total. The van der Waals surface area contributed by atoms with Gasteiger partial charge in [0.1, 0.15) is 0 Å². The van der Waals surface area contributed by atoms with Gasteiger partial charge in [0.2, 0.25) is 0 Å². The van der Waals surface area contributed by atoms with Crippen molar-refractivity contribution in [1.82, 2.24) is 0 Å². The molecule has 2 aliphatic carbocycles. The van der Waals surface area contributed by atoms with Gasteiger partial charge < -0.3 is 9.80 Å². The predicted molar refractivity (Wildman–Crippen MR) is 297 cm³/mol. The molecule has 3 aliphatic rings. The molecule has 0 fully saturated rings. The van der Waals surface area contributed by atoms with Crippen LogP contribution in [0.1, 0.15) is 22.3 Å². The molecule has 0 radical (unpaired) electrons. The highest BCUT2D eigenvalue weighted by Gasteiger charge is 2.51. The van der Waals surface area contributed by atoms with Crippen molar-refractivity contribution in [3.8, 4) is 55.6 Å². The highest BCUT2D eigenvalue weighted by molar-refractivity contribution is 6.20. The molecule has 1 spiro atoms. The molecule has 330 valence electrons. The minimum Gasteiger partial charge on any atom is -0.308 e. The van der Waals surface area contributed by atoms with Gasteiger partial charge in [-0.2, -0.15) is 0 Å². The Kier molecular flexibility index (Phi) is 8.61. The maximum absolute atomic E-state index is 2.50. The Hall–Kier alpha value is -9.24. The van der Waals surface area contributed by atoms with Crippen LogP contribution in [0.2, 0.25) is 0 Å². The molecule has 12 aromatic carbocycles. The van der Waals surface area contributed by atoms with E-state index in [0.29, 0.717) is 0 Å². The van der Waals surface area contributed by atoms with Crippen LogP contribution >= 0.6 is 0 Å². The molecule has 1 unspecified atom stereocenters. The molecule has 0 N–H and O–H groups in total. The molecule has 1 atom stereocenters. The Labute approximate surface area is 413 Å². The normalized spacial score (nSPS) is 14.5. The molecule has 1 aliphatic heterocycles. The fourth-order valence-corrected chi connectivity index (χ4v) is 12.9. The van der Waals surface area contributed by atoms with Gasteiger partial charge >= 0.3 is 0 Å². The smallest absolute Gasteiger partial charge is 0.0781 e. The minimum absolute atomic E-state index is 0.669. The number of hydrogen-bond acceptors (Lipinski definition) is 2. The Balaban J connectivity index is 1.08. The first-order chi connectivity index (χ1) is 35.3. The van der Waals surface area contributed by atoms with Crippen molar-refractivity contribution >= 4 is 55.7 Å². The highest BCUT2D eigenvalue weighted by Crippen LogP contribution is 2.65. The van der Waals surface area contributed by atoms with Crippen LogP contribution in [-0.2, 0) is 5.41 Å². The first-order valence-corrected chi connectivity index (χ1v) is 24.7. The van der Waals surface area contributed by atoms with Gasteiger partial charge in [0.05, 0.1) is 22.5 Å². The predicted octanol–water partition coefficient (Wildman–Crippen LogP) is 18.6. The van der Waals surface area contributed by atoms with Crippen LogP contribution in [0, 0.1) is 0 Å². The topological polar surface area (TPSA) is 6.48 Å². The molecular formula is C69H44N2. The zero-order valence-electron chi connectivity index (χ0n) is 38.8. The van der Waals surface area contributed by atoms with Gasteiger partial charge in [0.15, 0.2) is 0 Å². The van der Waals surface area contributed by atoms with Crippen LogP contribution < -0.4 is 9.80 Å². The lowest BCUT2D eigenvalue weighted by molar-refractivity contribution is 0.783. The second-order valence-electron chi connectivity index (χ2n) is 19.0. The van der Waals surface area contributed by atoms with Crippen molar-refractivity contribution in [1.29, 1.82) is 0 Å². The van der Waals surface area contributed by atoms with Crippen LogP contribution in [0.5, 0.6) is 0 Å². The molecule has 15 rings (SSSR count). The van der Waals surface area contributed by atoms with E-state index in [-0.39, 0.29) is 0 Å². The van der Waals surface area contributed by atoms with E-state index in [9.17, 15) is 0 Å². The summed E-state index contributed by atoms with van der Waals surface area (Å²) in [6.45, 7) is 0. The van der Waals surface area contributed by atoms with Gasteiger partial charge in [-0.15, -0.1) is 0 Å². The maximum Gasteiger partial charge on any atom is 0.0781 e. The Morgan fingerprint density at radius 2 is 0.775 bits per heavy atom. The van der Waals surface area contributed by atoms with Crippen LogP contribution in [0.15, 0.2) is 267 Å². The summed E-state index contributed by atoms with van der Waals surface area (Å²) in [6.07, 6.45) is 0. The molecule has 0 saturated carbocycles. The van der Waals surface area contributed by atoms with Crippen molar-refractivity contribution < 1.29 is 0 Å². The third-order valence-corrected chi connectivity index (χ3v) is 15.6. The molecular weight excluding hydrogens is 857 g/mol. The average Bonchev–Trinajstić information content (AvgIpc) is 3.63. The second-order valence-corrected chi connectivity index (χ2v) is 19.0. The highest BCUT2D eigenvalue weighted by atomic mass is 15.2. The summed E-state index contributed by atoms with van der Waals surface area (Å²) < 4.78 is 0. The lowest BCUT2D eigenvalue weighted by Crippen LogP contribution is -2.30. The van der Waals surface area contributed by atoms with Crippen LogP contribution in [0.25, 0.3) is 77.2 Å². The molecule has 1 heterocycles. The quantitative estimate of drug-likeness (QED) is 0.162. The summed E-state index contributed by atoms with van der Waals surface area (Å²) >= 11 is 0. The largest absolute Gasteiger partial charge is 0.308 e. The second kappa shape index (κ2) is 15.4. The van der Waals surface area contributed by atoms with Crippen molar-refractivity contribution in [3.05, 3.63) is 289 Å². The Morgan fingerprint density at radius 1 is 0.296 bits per heavy atom. The summed E-state index contributed by atoms with van der Waals surface area (Å²) in [6, 6.07) is 99.6. The molecule has 0 saturated heterocycles. The number of anilines is 6. The number of nitrogens with zero attached hydrogens (tertiary/aromatic N) is 2. The molecule has 0 aromatic heterocycles. The number of para-hydroxylation sites is 4. The zero-order chi connectivity index (χ0) is 46.6. The van der Waals surface area contributed by atoms with Crippen LogP contribution in [-0.4, -0.2) is 0 Å². The Bertz CT molecular complexity index is 4130.